The molecule has 7 nitrogen and oxygen atoms in total. The third kappa shape index (κ3) is 11.4. The van der Waals surface area contributed by atoms with Crippen molar-refractivity contribution in [2.75, 3.05) is 20.1 Å². The number of carbonyl (C=O) groups excluding carboxylic acids is 2. The van der Waals surface area contributed by atoms with Crippen LogP contribution in [0.15, 0.2) is 42.5 Å². The Morgan fingerprint density at radius 1 is 1.08 bits per heavy atom. The van der Waals surface area contributed by atoms with Gasteiger partial charge in [0.1, 0.15) is 5.82 Å². The van der Waals surface area contributed by atoms with E-state index in [1.54, 1.807) is 30.3 Å². The van der Waals surface area contributed by atoms with Crippen molar-refractivity contribution in [3.8, 4) is 6.07 Å². The summed E-state index contributed by atoms with van der Waals surface area (Å²) in [5.74, 6) is -0.0195. The van der Waals surface area contributed by atoms with E-state index < -0.39 is 0 Å². The highest BCUT2D eigenvalue weighted by molar-refractivity contribution is 5.75. The van der Waals surface area contributed by atoms with Crippen LogP contribution < -0.4 is 10.6 Å². The van der Waals surface area contributed by atoms with Gasteiger partial charge in [-0.3, -0.25) is 14.6 Å². The Bertz CT molecular complexity index is 1020. The minimum Gasteiger partial charge on any atom is -0.355 e. The molecule has 3 rings (SSSR count). The lowest BCUT2D eigenvalue weighted by Crippen LogP contribution is -2.39. The van der Waals surface area contributed by atoms with Crippen LogP contribution in [0.2, 0.25) is 0 Å². The van der Waals surface area contributed by atoms with Gasteiger partial charge in [0.2, 0.25) is 11.8 Å². The zero-order chi connectivity index (χ0) is 27.1. The van der Waals surface area contributed by atoms with Crippen LogP contribution in [0, 0.1) is 24.1 Å². The maximum Gasteiger partial charge on any atom is 0.236 e. The lowest BCUT2D eigenvalue weighted by Gasteiger charge is -2.27. The monoisotopic (exact) mass is 497 g/mol. The van der Waals surface area contributed by atoms with E-state index >= 15 is 0 Å². The SMILES string of the molecule is CCC(=O)N(C)N1Cc2ccc(F)cc2C1.CCC(=O)NCCNC(C)C.Cc1cccc(C#N)c1. The van der Waals surface area contributed by atoms with Gasteiger partial charge in [-0.2, -0.15) is 5.26 Å². The van der Waals surface area contributed by atoms with Gasteiger partial charge in [-0.05, 0) is 47.9 Å². The van der Waals surface area contributed by atoms with E-state index in [0.29, 0.717) is 32.0 Å². The van der Waals surface area contributed by atoms with Crippen LogP contribution in [0.1, 0.15) is 62.8 Å². The van der Waals surface area contributed by atoms with E-state index in [1.165, 1.54) is 6.07 Å². The lowest BCUT2D eigenvalue weighted by molar-refractivity contribution is -0.146. The summed E-state index contributed by atoms with van der Waals surface area (Å²) in [6.07, 6.45) is 1.05. The van der Waals surface area contributed by atoms with Crippen LogP contribution in [0.25, 0.3) is 0 Å². The molecular weight excluding hydrogens is 457 g/mol. The number of benzene rings is 2. The van der Waals surface area contributed by atoms with Crippen LogP contribution in [0.3, 0.4) is 0 Å². The first-order chi connectivity index (χ1) is 17.1. The van der Waals surface area contributed by atoms with Crippen molar-refractivity contribution in [2.24, 2.45) is 0 Å². The van der Waals surface area contributed by atoms with Crippen LogP contribution in [-0.2, 0) is 22.7 Å². The number of fused-ring (bicyclic) bond motifs is 1. The maximum absolute atomic E-state index is 13.0. The quantitative estimate of drug-likeness (QED) is 0.557. The molecule has 0 bridgehead atoms. The van der Waals surface area contributed by atoms with Crippen molar-refractivity contribution in [1.82, 2.24) is 20.7 Å². The number of halogens is 1. The smallest absolute Gasteiger partial charge is 0.236 e. The van der Waals surface area contributed by atoms with Crippen molar-refractivity contribution in [3.63, 3.8) is 0 Å². The second kappa shape index (κ2) is 16.4. The maximum atomic E-state index is 13.0. The Hall–Kier alpha value is -3.28. The number of hydrogen-bond donors (Lipinski definition) is 2. The van der Waals surface area contributed by atoms with E-state index in [-0.39, 0.29) is 17.6 Å². The molecule has 2 amide bonds. The molecule has 2 aromatic rings. The van der Waals surface area contributed by atoms with Crippen molar-refractivity contribution < 1.29 is 14.0 Å². The first-order valence-corrected chi connectivity index (χ1v) is 12.4. The Morgan fingerprint density at radius 3 is 2.33 bits per heavy atom. The predicted molar refractivity (Wildman–Crippen MR) is 141 cm³/mol. The average Bonchev–Trinajstić information content (AvgIpc) is 3.29. The third-order valence-electron chi connectivity index (χ3n) is 5.43. The molecule has 0 saturated carbocycles. The minimum absolute atomic E-state index is 0.0771. The molecule has 0 radical (unpaired) electrons. The second-order valence-electron chi connectivity index (χ2n) is 8.80. The van der Waals surface area contributed by atoms with Gasteiger partial charge in [-0.1, -0.05) is 45.9 Å². The molecule has 0 saturated heterocycles. The molecule has 2 N–H and O–H groups in total. The molecular formula is C28H40FN5O2. The number of amides is 2. The standard InChI is InChI=1S/C12H15FN2O.C8H18N2O.C8H7N/c1-3-12(16)14(2)15-7-9-4-5-11(13)6-10(9)8-15;1-4-8(11)10-6-5-9-7(2)3;1-7-3-2-4-8(5-7)6-9/h4-6H,3,7-8H2,1-2H3;7,9H,4-6H2,1-3H3,(H,10,11);2-5H,1H3. The van der Waals surface area contributed by atoms with Gasteiger partial charge in [-0.15, -0.1) is 0 Å². The highest BCUT2D eigenvalue weighted by Gasteiger charge is 2.24. The van der Waals surface area contributed by atoms with Crippen LogP contribution in [0.4, 0.5) is 4.39 Å². The molecule has 0 fully saturated rings. The Morgan fingerprint density at radius 2 is 1.78 bits per heavy atom. The molecule has 1 heterocycles. The summed E-state index contributed by atoms with van der Waals surface area (Å²) in [6, 6.07) is 14.9. The van der Waals surface area contributed by atoms with E-state index in [4.69, 9.17) is 5.26 Å². The number of hydrogen-bond acceptors (Lipinski definition) is 5. The molecule has 2 aromatic carbocycles. The van der Waals surface area contributed by atoms with Gasteiger partial charge >= 0.3 is 0 Å². The summed E-state index contributed by atoms with van der Waals surface area (Å²) in [7, 11) is 1.76. The number of nitrogens with one attached hydrogen (secondary N) is 2. The molecule has 1 aliphatic rings. The van der Waals surface area contributed by atoms with Crippen molar-refractivity contribution in [2.45, 2.75) is 66.6 Å². The van der Waals surface area contributed by atoms with Gasteiger partial charge in [0.25, 0.3) is 0 Å². The first-order valence-electron chi connectivity index (χ1n) is 12.4. The molecule has 0 aromatic heterocycles. The summed E-state index contributed by atoms with van der Waals surface area (Å²) in [4.78, 5) is 22.2. The zero-order valence-corrected chi connectivity index (χ0v) is 22.4. The fraction of sp³-hybridized carbons (Fsp3) is 0.464. The molecule has 196 valence electrons. The van der Waals surface area contributed by atoms with E-state index in [2.05, 4.69) is 30.6 Å². The highest BCUT2D eigenvalue weighted by Crippen LogP contribution is 2.24. The van der Waals surface area contributed by atoms with Gasteiger partial charge in [0, 0.05) is 52.1 Å². The van der Waals surface area contributed by atoms with Crippen LogP contribution in [-0.4, -0.2) is 48.0 Å². The number of rotatable bonds is 7. The van der Waals surface area contributed by atoms with E-state index in [0.717, 1.165) is 35.3 Å². The van der Waals surface area contributed by atoms with E-state index in [1.807, 2.05) is 44.0 Å². The van der Waals surface area contributed by atoms with Crippen LogP contribution in [0.5, 0.6) is 0 Å². The number of carbonyl (C=O) groups is 2. The van der Waals surface area contributed by atoms with Gasteiger partial charge < -0.3 is 10.6 Å². The highest BCUT2D eigenvalue weighted by atomic mass is 19.1. The van der Waals surface area contributed by atoms with Crippen LogP contribution >= 0.6 is 0 Å². The molecule has 0 spiro atoms. The van der Waals surface area contributed by atoms with Gasteiger partial charge in [0.15, 0.2) is 0 Å². The molecule has 36 heavy (non-hydrogen) atoms. The Kier molecular flexibility index (Phi) is 14.0. The zero-order valence-electron chi connectivity index (χ0n) is 22.4. The topological polar surface area (TPSA) is 88.5 Å². The number of hydrazine groups is 1. The first kappa shape index (κ1) is 30.8. The molecule has 0 aliphatic carbocycles. The number of aryl methyl sites for hydroxylation is 1. The summed E-state index contributed by atoms with van der Waals surface area (Å²) in [5, 5.41) is 18.0. The second-order valence-corrected chi connectivity index (χ2v) is 8.80. The summed E-state index contributed by atoms with van der Waals surface area (Å²) >= 11 is 0. The Labute approximate surface area is 215 Å². The lowest BCUT2D eigenvalue weighted by atomic mass is 10.1. The number of nitriles is 1. The summed E-state index contributed by atoms with van der Waals surface area (Å²) < 4.78 is 13.0. The van der Waals surface area contributed by atoms with Crippen molar-refractivity contribution >= 4 is 11.8 Å². The predicted octanol–water partition coefficient (Wildman–Crippen LogP) is 4.30. The summed E-state index contributed by atoms with van der Waals surface area (Å²) in [5.41, 5.74) is 3.93. The number of nitrogens with zero attached hydrogens (tertiary/aromatic N) is 3. The summed E-state index contributed by atoms with van der Waals surface area (Å²) in [6.45, 7) is 12.7. The van der Waals surface area contributed by atoms with Gasteiger partial charge in [0.05, 0.1) is 11.6 Å². The third-order valence-corrected chi connectivity index (χ3v) is 5.43. The van der Waals surface area contributed by atoms with Crippen molar-refractivity contribution in [1.29, 1.82) is 5.26 Å². The Balaban J connectivity index is 0.000000285. The fourth-order valence-electron chi connectivity index (χ4n) is 3.35. The van der Waals surface area contributed by atoms with Gasteiger partial charge in [-0.25, -0.2) is 9.40 Å². The molecule has 0 unspecified atom stereocenters. The minimum atomic E-state index is -0.218. The average molecular weight is 498 g/mol. The van der Waals surface area contributed by atoms with E-state index in [9.17, 15) is 14.0 Å². The molecule has 0 atom stereocenters. The fourth-order valence-corrected chi connectivity index (χ4v) is 3.35. The molecule has 1 aliphatic heterocycles. The molecule has 8 heteroatoms. The normalized spacial score (nSPS) is 11.9. The van der Waals surface area contributed by atoms with Crippen molar-refractivity contribution in [3.05, 3.63) is 70.5 Å². The largest absolute Gasteiger partial charge is 0.355 e.